The maximum Gasteiger partial charge on any atom is 0.276 e. The van der Waals surface area contributed by atoms with E-state index in [1.54, 1.807) is 12.3 Å². The molecule has 4 rings (SSSR count). The minimum atomic E-state index is -0.0706. The summed E-state index contributed by atoms with van der Waals surface area (Å²) in [4.78, 5) is 14.9. The van der Waals surface area contributed by atoms with Gasteiger partial charge in [-0.05, 0) is 56.5 Å². The summed E-state index contributed by atoms with van der Waals surface area (Å²) in [5.74, 6) is -0.0706. The van der Waals surface area contributed by atoms with Crippen LogP contribution in [0.25, 0.3) is 0 Å². The van der Waals surface area contributed by atoms with Crippen molar-refractivity contribution in [2.45, 2.75) is 37.8 Å². The van der Waals surface area contributed by atoms with Crippen molar-refractivity contribution in [1.29, 1.82) is 0 Å². The summed E-state index contributed by atoms with van der Waals surface area (Å²) >= 11 is 12.2. The molecule has 0 radical (unpaired) electrons. The van der Waals surface area contributed by atoms with Crippen molar-refractivity contribution in [3.05, 3.63) is 45.7 Å². The molecule has 0 saturated carbocycles. The van der Waals surface area contributed by atoms with Gasteiger partial charge in [-0.1, -0.05) is 34.5 Å². The number of carbonyl (C=O) groups is 1. The summed E-state index contributed by atoms with van der Waals surface area (Å²) in [6, 6.07) is 5.90. The maximum absolute atomic E-state index is 13.0. The molecule has 1 aromatic carbocycles. The van der Waals surface area contributed by atoms with Gasteiger partial charge in [-0.15, -0.1) is 17.5 Å². The predicted molar refractivity (Wildman–Crippen MR) is 108 cm³/mol. The molecule has 27 heavy (non-hydrogen) atoms. The number of benzene rings is 1. The first-order chi connectivity index (χ1) is 12.6. The second kappa shape index (κ2) is 8.78. The minimum absolute atomic E-state index is 0. The maximum atomic E-state index is 13.0. The zero-order valence-electron chi connectivity index (χ0n) is 14.8. The van der Waals surface area contributed by atoms with Crippen molar-refractivity contribution in [2.24, 2.45) is 0 Å². The van der Waals surface area contributed by atoms with Gasteiger partial charge in [0.15, 0.2) is 5.69 Å². The van der Waals surface area contributed by atoms with Crippen molar-refractivity contribution in [1.82, 2.24) is 25.2 Å². The Hall–Kier alpha value is -1.34. The van der Waals surface area contributed by atoms with Crippen LogP contribution in [0.4, 0.5) is 0 Å². The van der Waals surface area contributed by atoms with Crippen LogP contribution in [0.15, 0.2) is 24.4 Å². The van der Waals surface area contributed by atoms with Gasteiger partial charge in [0.2, 0.25) is 0 Å². The molecule has 2 aromatic rings. The molecule has 0 bridgehead atoms. The van der Waals surface area contributed by atoms with Crippen molar-refractivity contribution in [3.63, 3.8) is 0 Å². The zero-order valence-corrected chi connectivity index (χ0v) is 17.1. The third kappa shape index (κ3) is 4.24. The topological polar surface area (TPSA) is 63.1 Å². The largest absolute Gasteiger partial charge is 0.330 e. The number of halogens is 3. The molecule has 2 aliphatic rings. The van der Waals surface area contributed by atoms with Crippen molar-refractivity contribution >= 4 is 41.5 Å². The zero-order chi connectivity index (χ0) is 18.1. The van der Waals surface area contributed by atoms with Crippen LogP contribution in [-0.2, 0) is 0 Å². The predicted octanol–water partition coefficient (Wildman–Crippen LogP) is 3.91. The van der Waals surface area contributed by atoms with E-state index in [0.29, 0.717) is 28.3 Å². The summed E-state index contributed by atoms with van der Waals surface area (Å²) in [6.07, 6.45) is 5.67. The molecule has 1 aromatic heterocycles. The van der Waals surface area contributed by atoms with E-state index in [0.717, 1.165) is 44.3 Å². The van der Waals surface area contributed by atoms with Gasteiger partial charge >= 0.3 is 0 Å². The highest BCUT2D eigenvalue weighted by molar-refractivity contribution is 6.42. The Balaban J connectivity index is 0.00000210. The summed E-state index contributed by atoms with van der Waals surface area (Å²) in [5.41, 5.74) is 1.42. The number of nitrogens with one attached hydrogen (secondary N) is 1. The van der Waals surface area contributed by atoms with E-state index >= 15 is 0 Å². The summed E-state index contributed by atoms with van der Waals surface area (Å²) in [6.45, 7) is 2.66. The quantitative estimate of drug-likeness (QED) is 0.802. The average molecular weight is 431 g/mol. The highest BCUT2D eigenvalue weighted by Crippen LogP contribution is 2.35. The number of carbonyl (C=O) groups excluding carboxylic acids is 1. The number of amides is 1. The summed E-state index contributed by atoms with van der Waals surface area (Å²) in [5, 5.41) is 12.7. The molecule has 2 fully saturated rings. The van der Waals surface area contributed by atoms with Crippen molar-refractivity contribution in [3.8, 4) is 0 Å². The van der Waals surface area contributed by atoms with Crippen LogP contribution >= 0.6 is 35.6 Å². The first-order valence-electron chi connectivity index (χ1n) is 9.02. The number of nitrogens with zero attached hydrogens (tertiary/aromatic N) is 4. The second-order valence-corrected chi connectivity index (χ2v) is 7.71. The van der Waals surface area contributed by atoms with Crippen molar-refractivity contribution in [2.75, 3.05) is 19.6 Å². The smallest absolute Gasteiger partial charge is 0.276 e. The number of aromatic nitrogens is 3. The van der Waals surface area contributed by atoms with E-state index in [4.69, 9.17) is 23.2 Å². The normalized spacial score (nSPS) is 20.5. The molecule has 6 nitrogen and oxygen atoms in total. The lowest BCUT2D eigenvalue weighted by Gasteiger charge is -2.24. The Kier molecular flexibility index (Phi) is 6.63. The van der Waals surface area contributed by atoms with Crippen LogP contribution < -0.4 is 5.32 Å². The lowest BCUT2D eigenvalue weighted by atomic mass is 10.0. The molecule has 1 amide bonds. The van der Waals surface area contributed by atoms with Crippen LogP contribution in [0, 0.1) is 0 Å². The number of hydrogen-bond acceptors (Lipinski definition) is 4. The van der Waals surface area contributed by atoms with Gasteiger partial charge in [0.1, 0.15) is 0 Å². The van der Waals surface area contributed by atoms with E-state index in [1.165, 1.54) is 0 Å². The molecule has 0 aliphatic carbocycles. The Bertz CT molecular complexity index is 806. The van der Waals surface area contributed by atoms with Crippen molar-refractivity contribution < 1.29 is 4.79 Å². The monoisotopic (exact) mass is 429 g/mol. The fourth-order valence-electron chi connectivity index (χ4n) is 3.85. The Morgan fingerprint density at radius 3 is 2.67 bits per heavy atom. The molecule has 3 heterocycles. The second-order valence-electron chi connectivity index (χ2n) is 6.90. The molecule has 0 spiro atoms. The molecular formula is C18H22Cl3N5O. The van der Waals surface area contributed by atoms with Gasteiger partial charge in [-0.25, -0.2) is 4.68 Å². The third-order valence-corrected chi connectivity index (χ3v) is 5.99. The van der Waals surface area contributed by atoms with E-state index < -0.39 is 0 Å². The van der Waals surface area contributed by atoms with Gasteiger partial charge in [-0.3, -0.25) is 4.79 Å². The van der Waals surface area contributed by atoms with E-state index in [1.807, 2.05) is 21.7 Å². The molecule has 1 atom stereocenters. The van der Waals surface area contributed by atoms with Crippen LogP contribution in [-0.4, -0.2) is 45.4 Å². The fraction of sp³-hybridized carbons (Fsp3) is 0.500. The highest BCUT2D eigenvalue weighted by Gasteiger charge is 2.32. The summed E-state index contributed by atoms with van der Waals surface area (Å²) < 4.78 is 1.85. The van der Waals surface area contributed by atoms with Crippen LogP contribution in [0.5, 0.6) is 0 Å². The summed E-state index contributed by atoms with van der Waals surface area (Å²) in [7, 11) is 0. The third-order valence-electron chi connectivity index (χ3n) is 5.25. The van der Waals surface area contributed by atoms with E-state index in [2.05, 4.69) is 15.6 Å². The number of piperidine rings is 1. The number of hydrogen-bond donors (Lipinski definition) is 1. The SMILES string of the molecule is Cl.O=C(c1cn(C2CCNCC2)nn1)N1CCCC1c1ccc(Cl)c(Cl)c1. The Labute approximate surface area is 174 Å². The van der Waals surface area contributed by atoms with Crippen LogP contribution in [0.3, 0.4) is 0 Å². The molecule has 2 aliphatic heterocycles. The average Bonchev–Trinajstić information content (AvgIpc) is 3.34. The minimum Gasteiger partial charge on any atom is -0.330 e. The first-order valence-corrected chi connectivity index (χ1v) is 9.77. The van der Waals surface area contributed by atoms with Crippen LogP contribution in [0.1, 0.15) is 53.8 Å². The Morgan fingerprint density at radius 1 is 1.15 bits per heavy atom. The molecule has 146 valence electrons. The first kappa shape index (κ1) is 20.4. The van der Waals surface area contributed by atoms with Gasteiger partial charge in [-0.2, -0.15) is 0 Å². The lowest BCUT2D eigenvalue weighted by molar-refractivity contribution is 0.0729. The van der Waals surface area contributed by atoms with Gasteiger partial charge in [0.05, 0.1) is 28.3 Å². The Morgan fingerprint density at radius 2 is 1.93 bits per heavy atom. The highest BCUT2D eigenvalue weighted by atomic mass is 35.5. The molecule has 1 N–H and O–H groups in total. The molecular weight excluding hydrogens is 409 g/mol. The lowest BCUT2D eigenvalue weighted by Crippen LogP contribution is -2.31. The standard InChI is InChI=1S/C18H21Cl2N5O.ClH/c19-14-4-3-12(10-15(14)20)17-2-1-9-24(17)18(26)16-11-25(23-22-16)13-5-7-21-8-6-13;/h3-4,10-11,13,17,21H,1-2,5-9H2;1H. The number of likely N-dealkylation sites (tertiary alicyclic amines) is 1. The van der Waals surface area contributed by atoms with Crippen LogP contribution in [0.2, 0.25) is 10.0 Å². The van der Waals surface area contributed by atoms with Gasteiger partial charge < -0.3 is 10.2 Å². The van der Waals surface area contributed by atoms with E-state index in [9.17, 15) is 4.79 Å². The fourth-order valence-corrected chi connectivity index (χ4v) is 4.15. The molecule has 2 saturated heterocycles. The molecule has 1 unspecified atom stereocenters. The molecule has 9 heteroatoms. The van der Waals surface area contributed by atoms with Gasteiger partial charge in [0.25, 0.3) is 5.91 Å². The van der Waals surface area contributed by atoms with Gasteiger partial charge in [0, 0.05) is 6.54 Å². The number of rotatable bonds is 3. The van der Waals surface area contributed by atoms with E-state index in [-0.39, 0.29) is 24.4 Å².